The largest absolute Gasteiger partial charge is 0.352 e. The number of likely N-dealkylation sites (N-methyl/N-ethyl adjacent to an activating group) is 1. The van der Waals surface area contributed by atoms with Crippen LogP contribution in [0.15, 0.2) is 24.3 Å². The van der Waals surface area contributed by atoms with Crippen molar-refractivity contribution in [1.29, 1.82) is 0 Å². The number of amides is 1. The van der Waals surface area contributed by atoms with Gasteiger partial charge in [0.1, 0.15) is 11.0 Å². The van der Waals surface area contributed by atoms with Gasteiger partial charge >= 0.3 is 0 Å². The zero-order chi connectivity index (χ0) is 20.8. The highest BCUT2D eigenvalue weighted by atomic mass is 35.5. The summed E-state index contributed by atoms with van der Waals surface area (Å²) in [4.78, 5) is 17.5. The summed E-state index contributed by atoms with van der Waals surface area (Å²) in [5, 5.41) is 7.65. The van der Waals surface area contributed by atoms with Gasteiger partial charge in [0, 0.05) is 32.7 Å². The molecule has 2 aromatic rings. The number of rotatable bonds is 8. The maximum absolute atomic E-state index is 13.1. The zero-order valence-electron chi connectivity index (χ0n) is 17.1. The highest BCUT2D eigenvalue weighted by molar-refractivity contribution is 6.33. The van der Waals surface area contributed by atoms with Crippen LogP contribution >= 0.6 is 11.6 Å². The molecule has 0 aliphatic carbocycles. The molecule has 1 amide bonds. The molecule has 1 fully saturated rings. The fourth-order valence-corrected chi connectivity index (χ4v) is 3.92. The Morgan fingerprint density at radius 3 is 2.48 bits per heavy atom. The van der Waals surface area contributed by atoms with Gasteiger partial charge < -0.3 is 15.1 Å². The quantitative estimate of drug-likeness (QED) is 0.666. The van der Waals surface area contributed by atoms with Crippen molar-refractivity contribution in [3.05, 3.63) is 52.1 Å². The summed E-state index contributed by atoms with van der Waals surface area (Å²) in [5.41, 5.74) is 1.86. The lowest BCUT2D eigenvalue weighted by Crippen LogP contribution is -2.46. The van der Waals surface area contributed by atoms with Crippen LogP contribution in [0.25, 0.3) is 0 Å². The number of nitrogens with one attached hydrogen (secondary N) is 1. The highest BCUT2D eigenvalue weighted by Crippen LogP contribution is 2.21. The molecule has 0 bridgehead atoms. The van der Waals surface area contributed by atoms with E-state index in [-0.39, 0.29) is 11.7 Å². The Hall–Kier alpha value is -1.96. The van der Waals surface area contributed by atoms with Gasteiger partial charge in [-0.3, -0.25) is 4.79 Å². The van der Waals surface area contributed by atoms with Gasteiger partial charge in [-0.2, -0.15) is 5.10 Å². The molecule has 1 aliphatic heterocycles. The number of halogens is 2. The third kappa shape index (κ3) is 5.78. The van der Waals surface area contributed by atoms with Crippen LogP contribution in [0.4, 0.5) is 4.39 Å². The first kappa shape index (κ1) is 21.7. The van der Waals surface area contributed by atoms with Crippen LogP contribution in [0.5, 0.6) is 0 Å². The zero-order valence-corrected chi connectivity index (χ0v) is 17.9. The van der Waals surface area contributed by atoms with Crippen molar-refractivity contribution in [3.8, 4) is 0 Å². The minimum absolute atomic E-state index is 0.200. The highest BCUT2D eigenvalue weighted by Gasteiger charge is 2.20. The van der Waals surface area contributed by atoms with E-state index in [2.05, 4.69) is 27.1 Å². The Bertz CT molecular complexity index is 815. The van der Waals surface area contributed by atoms with Gasteiger partial charge in [0.15, 0.2) is 0 Å². The first-order chi connectivity index (χ1) is 14.0. The van der Waals surface area contributed by atoms with Crippen LogP contribution in [0, 0.1) is 12.7 Å². The van der Waals surface area contributed by atoms with Gasteiger partial charge in [0.05, 0.1) is 17.8 Å². The van der Waals surface area contributed by atoms with Crippen LogP contribution in [-0.2, 0) is 6.54 Å². The molecule has 1 saturated heterocycles. The van der Waals surface area contributed by atoms with Crippen LogP contribution in [0.2, 0.25) is 5.15 Å². The van der Waals surface area contributed by atoms with Gasteiger partial charge in [-0.1, -0.05) is 30.7 Å². The molecule has 0 unspecified atom stereocenters. The third-order valence-electron chi connectivity index (χ3n) is 5.39. The molecule has 6 nitrogen and oxygen atoms in total. The Labute approximate surface area is 176 Å². The molecule has 1 N–H and O–H groups in total. The molecule has 1 aromatic heterocycles. The molecule has 3 rings (SSSR count). The van der Waals surface area contributed by atoms with Crippen LogP contribution in [-0.4, -0.2) is 71.3 Å². The Balaban J connectivity index is 1.49. The molecule has 0 atom stereocenters. The predicted molar refractivity (Wildman–Crippen MR) is 113 cm³/mol. The fourth-order valence-electron chi connectivity index (χ4n) is 3.60. The first-order valence-electron chi connectivity index (χ1n) is 10.2. The van der Waals surface area contributed by atoms with E-state index in [1.165, 1.54) is 12.1 Å². The van der Waals surface area contributed by atoms with Crippen LogP contribution in [0.1, 0.15) is 35.0 Å². The molecule has 1 aromatic carbocycles. The number of carbonyl (C=O) groups excluding carboxylic acids is 1. The molecule has 0 spiro atoms. The molecule has 29 heavy (non-hydrogen) atoms. The molecule has 1 aliphatic rings. The second-order valence-corrected chi connectivity index (χ2v) is 7.78. The standard InChI is InChI=1S/C21H29ClFN5O/c1-3-26-11-13-27(14-12-26)10-4-9-24-21(29)19-16(2)25-28(20(19)22)15-17-5-7-18(23)8-6-17/h5-8H,3-4,9-15H2,1-2H3,(H,24,29). The van der Waals surface area contributed by atoms with Gasteiger partial charge in [-0.25, -0.2) is 9.07 Å². The van der Waals surface area contributed by atoms with Crippen molar-refractivity contribution in [2.24, 2.45) is 0 Å². The van der Waals surface area contributed by atoms with E-state index in [0.717, 1.165) is 51.3 Å². The number of carbonyl (C=O) groups is 1. The third-order valence-corrected chi connectivity index (χ3v) is 5.77. The minimum atomic E-state index is -0.288. The normalized spacial score (nSPS) is 15.6. The number of hydrogen-bond acceptors (Lipinski definition) is 4. The SMILES string of the molecule is CCN1CCN(CCCNC(=O)c2c(C)nn(Cc3ccc(F)cc3)c2Cl)CC1. The van der Waals surface area contributed by atoms with E-state index in [0.29, 0.717) is 29.5 Å². The second-order valence-electron chi connectivity index (χ2n) is 7.42. The van der Waals surface area contributed by atoms with Crippen molar-refractivity contribution in [3.63, 3.8) is 0 Å². The van der Waals surface area contributed by atoms with E-state index in [1.54, 1.807) is 23.7 Å². The van der Waals surface area contributed by atoms with E-state index in [4.69, 9.17) is 11.6 Å². The maximum Gasteiger partial charge on any atom is 0.256 e. The second kappa shape index (κ2) is 10.2. The summed E-state index contributed by atoms with van der Waals surface area (Å²) in [6.07, 6.45) is 0.901. The molecule has 2 heterocycles. The topological polar surface area (TPSA) is 53.4 Å². The van der Waals surface area contributed by atoms with Crippen molar-refractivity contribution >= 4 is 17.5 Å². The summed E-state index contributed by atoms with van der Waals surface area (Å²) < 4.78 is 14.6. The lowest BCUT2D eigenvalue weighted by atomic mass is 10.2. The molecular weight excluding hydrogens is 393 g/mol. The minimum Gasteiger partial charge on any atom is -0.352 e. The van der Waals surface area contributed by atoms with E-state index >= 15 is 0 Å². The first-order valence-corrected chi connectivity index (χ1v) is 10.6. The monoisotopic (exact) mass is 421 g/mol. The van der Waals surface area contributed by atoms with E-state index in [1.807, 2.05) is 0 Å². The summed E-state index contributed by atoms with van der Waals surface area (Å²) >= 11 is 6.42. The van der Waals surface area contributed by atoms with Crippen molar-refractivity contribution in [2.45, 2.75) is 26.8 Å². The van der Waals surface area contributed by atoms with Crippen molar-refractivity contribution in [2.75, 3.05) is 45.8 Å². The molecular formula is C21H29ClFN5O. The lowest BCUT2D eigenvalue weighted by Gasteiger charge is -2.33. The Morgan fingerprint density at radius 1 is 1.17 bits per heavy atom. The lowest BCUT2D eigenvalue weighted by molar-refractivity contribution is 0.0947. The molecule has 0 radical (unpaired) electrons. The van der Waals surface area contributed by atoms with Gasteiger partial charge in [0.2, 0.25) is 0 Å². The van der Waals surface area contributed by atoms with E-state index in [9.17, 15) is 9.18 Å². The number of benzene rings is 1. The summed E-state index contributed by atoms with van der Waals surface area (Å²) in [6, 6.07) is 6.16. The van der Waals surface area contributed by atoms with Crippen molar-refractivity contribution < 1.29 is 9.18 Å². The number of nitrogens with zero attached hydrogens (tertiary/aromatic N) is 4. The molecule has 158 valence electrons. The average molecular weight is 422 g/mol. The van der Waals surface area contributed by atoms with Crippen molar-refractivity contribution in [1.82, 2.24) is 24.9 Å². The van der Waals surface area contributed by atoms with Crippen LogP contribution in [0.3, 0.4) is 0 Å². The number of hydrogen-bond donors (Lipinski definition) is 1. The van der Waals surface area contributed by atoms with Gasteiger partial charge in [-0.15, -0.1) is 0 Å². The molecule has 0 saturated carbocycles. The van der Waals surface area contributed by atoms with Gasteiger partial charge in [0.25, 0.3) is 5.91 Å². The summed E-state index contributed by atoms with van der Waals surface area (Å²) in [5.74, 6) is -0.488. The summed E-state index contributed by atoms with van der Waals surface area (Å²) in [6.45, 7) is 11.5. The number of aryl methyl sites for hydroxylation is 1. The predicted octanol–water partition coefficient (Wildman–Crippen LogP) is 2.79. The fraction of sp³-hybridized carbons (Fsp3) is 0.524. The molecule has 8 heteroatoms. The smallest absolute Gasteiger partial charge is 0.256 e. The Kier molecular flexibility index (Phi) is 7.64. The maximum atomic E-state index is 13.1. The number of piperazine rings is 1. The van der Waals surface area contributed by atoms with Crippen LogP contribution < -0.4 is 5.32 Å². The van der Waals surface area contributed by atoms with E-state index < -0.39 is 0 Å². The Morgan fingerprint density at radius 2 is 1.83 bits per heavy atom. The van der Waals surface area contributed by atoms with Gasteiger partial charge in [-0.05, 0) is 44.1 Å². The number of aromatic nitrogens is 2. The average Bonchev–Trinajstić information content (AvgIpc) is 3.00. The summed E-state index contributed by atoms with van der Waals surface area (Å²) in [7, 11) is 0.